The number of hydrogen-bond acceptors (Lipinski definition) is 3. The lowest BCUT2D eigenvalue weighted by atomic mass is 10.1. The molecule has 0 spiro atoms. The van der Waals surface area contributed by atoms with Crippen LogP contribution < -0.4 is 0 Å². The van der Waals surface area contributed by atoms with Crippen LogP contribution in [0.3, 0.4) is 0 Å². The maximum Gasteiger partial charge on any atom is 0.328 e. The van der Waals surface area contributed by atoms with Crippen LogP contribution in [0.2, 0.25) is 10.0 Å². The topological polar surface area (TPSA) is 74.6 Å². The number of allylic oxidation sites excluding steroid dienone is 1. The molecule has 0 saturated carbocycles. The Balaban J connectivity index is 3.06. The van der Waals surface area contributed by atoms with E-state index in [1.807, 2.05) is 0 Å². The highest BCUT2D eigenvalue weighted by Gasteiger charge is 2.10. The maximum atomic E-state index is 11.4. The van der Waals surface area contributed by atoms with Gasteiger partial charge in [-0.2, -0.15) is 0 Å². The summed E-state index contributed by atoms with van der Waals surface area (Å²) in [6, 6.07) is 2.41. The summed E-state index contributed by atoms with van der Waals surface area (Å²) >= 11 is 11.2. The lowest BCUT2D eigenvalue weighted by Gasteiger charge is -2.02. The van der Waals surface area contributed by atoms with Crippen LogP contribution in [0, 0.1) is 0 Å². The Morgan fingerprint density at radius 2 is 1.62 bits per heavy atom. The van der Waals surface area contributed by atoms with E-state index in [0.29, 0.717) is 6.08 Å². The van der Waals surface area contributed by atoms with E-state index in [9.17, 15) is 14.7 Å². The van der Waals surface area contributed by atoms with Crippen LogP contribution in [-0.4, -0.2) is 22.0 Å². The van der Waals surface area contributed by atoms with Crippen molar-refractivity contribution in [1.82, 2.24) is 0 Å². The van der Waals surface area contributed by atoms with E-state index in [4.69, 9.17) is 28.3 Å². The summed E-state index contributed by atoms with van der Waals surface area (Å²) in [5, 5.41) is 17.4. The van der Waals surface area contributed by atoms with Crippen molar-refractivity contribution in [3.05, 3.63) is 39.9 Å². The molecule has 2 N–H and O–H groups in total. The number of carbonyl (C=O) groups excluding carboxylic acids is 1. The van der Waals surface area contributed by atoms with Gasteiger partial charge in [-0.25, -0.2) is 4.79 Å². The van der Waals surface area contributed by atoms with E-state index >= 15 is 0 Å². The van der Waals surface area contributed by atoms with Gasteiger partial charge in [0.25, 0.3) is 0 Å². The average molecular weight is 261 g/mol. The molecule has 1 aromatic rings. The number of phenolic OH excluding ortho intramolecular Hbond substituents is 1. The molecule has 0 unspecified atom stereocenters. The lowest BCUT2D eigenvalue weighted by molar-refractivity contribution is -0.131. The largest absolute Gasteiger partial charge is 0.505 e. The molecular weight excluding hydrogens is 255 g/mol. The third kappa shape index (κ3) is 2.98. The Bertz CT molecular complexity index is 457. The number of ketones is 1. The summed E-state index contributed by atoms with van der Waals surface area (Å²) < 4.78 is 0. The van der Waals surface area contributed by atoms with Crippen LogP contribution in [0.1, 0.15) is 10.4 Å². The van der Waals surface area contributed by atoms with E-state index in [0.717, 1.165) is 6.08 Å². The van der Waals surface area contributed by atoms with E-state index in [1.165, 1.54) is 12.1 Å². The van der Waals surface area contributed by atoms with Crippen molar-refractivity contribution in [2.24, 2.45) is 0 Å². The zero-order valence-corrected chi connectivity index (χ0v) is 9.29. The highest BCUT2D eigenvalue weighted by molar-refractivity contribution is 6.37. The van der Waals surface area contributed by atoms with Crippen LogP contribution in [-0.2, 0) is 4.79 Å². The number of hydrogen-bond donors (Lipinski definition) is 2. The molecule has 0 fully saturated rings. The Morgan fingerprint density at radius 1 is 1.12 bits per heavy atom. The maximum absolute atomic E-state index is 11.4. The van der Waals surface area contributed by atoms with Gasteiger partial charge in [0.05, 0.1) is 10.0 Å². The molecule has 0 heterocycles. The first kappa shape index (κ1) is 12.5. The van der Waals surface area contributed by atoms with Crippen molar-refractivity contribution in [3.63, 3.8) is 0 Å². The van der Waals surface area contributed by atoms with Crippen LogP contribution in [0.4, 0.5) is 0 Å². The molecule has 0 saturated heterocycles. The molecule has 0 aliphatic carbocycles. The Morgan fingerprint density at radius 3 is 2.06 bits per heavy atom. The second-order valence-electron chi connectivity index (χ2n) is 2.82. The number of benzene rings is 1. The van der Waals surface area contributed by atoms with Crippen molar-refractivity contribution in [2.75, 3.05) is 0 Å². The zero-order chi connectivity index (χ0) is 12.3. The van der Waals surface area contributed by atoms with Gasteiger partial charge in [-0.05, 0) is 18.2 Å². The highest BCUT2D eigenvalue weighted by atomic mass is 35.5. The van der Waals surface area contributed by atoms with Crippen LogP contribution in [0.25, 0.3) is 0 Å². The van der Waals surface area contributed by atoms with Crippen LogP contribution in [0.15, 0.2) is 24.3 Å². The molecule has 0 atom stereocenters. The van der Waals surface area contributed by atoms with Gasteiger partial charge in [-0.15, -0.1) is 0 Å². The molecule has 0 aliphatic rings. The first-order valence-corrected chi connectivity index (χ1v) is 4.80. The number of carbonyl (C=O) groups is 2. The monoisotopic (exact) mass is 260 g/mol. The number of halogens is 2. The SMILES string of the molecule is O=C(O)/C=C/C(=O)c1cc(Cl)c(O)c(Cl)c1. The van der Waals surface area contributed by atoms with E-state index in [-0.39, 0.29) is 21.4 Å². The quantitative estimate of drug-likeness (QED) is 0.647. The number of phenols is 1. The van der Waals surface area contributed by atoms with Gasteiger partial charge >= 0.3 is 5.97 Å². The van der Waals surface area contributed by atoms with Gasteiger partial charge in [-0.1, -0.05) is 23.2 Å². The van der Waals surface area contributed by atoms with E-state index in [1.54, 1.807) is 0 Å². The van der Waals surface area contributed by atoms with Gasteiger partial charge in [0.1, 0.15) is 0 Å². The van der Waals surface area contributed by atoms with Crippen molar-refractivity contribution >= 4 is 35.0 Å². The average Bonchev–Trinajstić information content (AvgIpc) is 2.21. The van der Waals surface area contributed by atoms with E-state index < -0.39 is 11.8 Å². The molecule has 0 bridgehead atoms. The number of rotatable bonds is 3. The Hall–Kier alpha value is -1.52. The number of carboxylic acids is 1. The minimum absolute atomic E-state index is 0.0698. The minimum Gasteiger partial charge on any atom is -0.505 e. The second-order valence-corrected chi connectivity index (χ2v) is 3.64. The predicted octanol–water partition coefficient (Wildman–Crippen LogP) is 2.52. The first-order valence-electron chi connectivity index (χ1n) is 4.05. The fraction of sp³-hybridized carbons (Fsp3) is 0. The van der Waals surface area contributed by atoms with E-state index in [2.05, 4.69) is 0 Å². The first-order chi connectivity index (χ1) is 7.41. The third-order valence-corrected chi connectivity index (χ3v) is 2.25. The number of aliphatic carboxylic acids is 1. The smallest absolute Gasteiger partial charge is 0.328 e. The Labute approximate surface area is 101 Å². The molecule has 16 heavy (non-hydrogen) atoms. The summed E-state index contributed by atoms with van der Waals surface area (Å²) in [5.41, 5.74) is 0.102. The molecule has 1 aromatic carbocycles. The summed E-state index contributed by atoms with van der Waals surface area (Å²) in [6.45, 7) is 0. The van der Waals surface area contributed by atoms with Crippen molar-refractivity contribution in [2.45, 2.75) is 0 Å². The van der Waals surface area contributed by atoms with Crippen LogP contribution in [0.5, 0.6) is 5.75 Å². The molecule has 84 valence electrons. The third-order valence-electron chi connectivity index (χ3n) is 1.68. The summed E-state index contributed by atoms with van der Waals surface area (Å²) in [5.74, 6) is -2.11. The fourth-order valence-electron chi connectivity index (χ4n) is 0.951. The van der Waals surface area contributed by atoms with Gasteiger partial charge in [0, 0.05) is 11.6 Å². The molecule has 0 amide bonds. The zero-order valence-electron chi connectivity index (χ0n) is 7.78. The normalized spacial score (nSPS) is 10.6. The van der Waals surface area contributed by atoms with Crippen molar-refractivity contribution in [1.29, 1.82) is 0 Å². The number of aromatic hydroxyl groups is 1. The second kappa shape index (κ2) is 5.01. The standard InChI is InChI=1S/C10H6Cl2O4/c11-6-3-5(4-7(12)10(6)16)8(13)1-2-9(14)15/h1-4,16H,(H,14,15)/b2-1+. The molecule has 0 aliphatic heterocycles. The molecule has 6 heteroatoms. The fourth-order valence-corrected chi connectivity index (χ4v) is 1.44. The lowest BCUT2D eigenvalue weighted by Crippen LogP contribution is -1.97. The molecule has 0 aromatic heterocycles. The summed E-state index contributed by atoms with van der Waals surface area (Å²) in [4.78, 5) is 21.6. The van der Waals surface area contributed by atoms with Crippen molar-refractivity contribution < 1.29 is 19.8 Å². The van der Waals surface area contributed by atoms with Gasteiger partial charge in [-0.3, -0.25) is 4.79 Å². The van der Waals surface area contributed by atoms with Gasteiger partial charge in [0.2, 0.25) is 0 Å². The molecular formula is C10H6Cl2O4. The molecule has 4 nitrogen and oxygen atoms in total. The van der Waals surface area contributed by atoms with Gasteiger partial charge in [0.15, 0.2) is 11.5 Å². The highest BCUT2D eigenvalue weighted by Crippen LogP contribution is 2.32. The van der Waals surface area contributed by atoms with Crippen LogP contribution >= 0.6 is 23.2 Å². The molecule has 0 radical (unpaired) electrons. The summed E-state index contributed by atoms with van der Waals surface area (Å²) in [6.07, 6.45) is 1.58. The Kier molecular flexibility index (Phi) is 3.93. The minimum atomic E-state index is -1.23. The molecule has 1 rings (SSSR count). The van der Waals surface area contributed by atoms with Gasteiger partial charge < -0.3 is 10.2 Å². The summed E-state index contributed by atoms with van der Waals surface area (Å²) in [7, 11) is 0. The predicted molar refractivity (Wildman–Crippen MR) is 59.2 cm³/mol. The number of carboxylic acid groups (broad SMARTS) is 1. The van der Waals surface area contributed by atoms with Crippen molar-refractivity contribution in [3.8, 4) is 5.75 Å².